The third-order valence-electron chi connectivity index (χ3n) is 2.53. The maximum Gasteiger partial charge on any atom is 0.333 e. The lowest BCUT2D eigenvalue weighted by atomic mass is 10.00. The third-order valence-corrected chi connectivity index (χ3v) is 2.53. The van der Waals surface area contributed by atoms with E-state index in [1.54, 1.807) is 6.92 Å². The average molecular weight is 240 g/mol. The maximum absolute atomic E-state index is 11.4. The van der Waals surface area contributed by atoms with Crippen molar-refractivity contribution in [1.82, 2.24) is 0 Å². The molecule has 0 aromatic heterocycles. The van der Waals surface area contributed by atoms with Gasteiger partial charge in [0.15, 0.2) is 0 Å². The van der Waals surface area contributed by atoms with E-state index in [0.29, 0.717) is 24.8 Å². The summed E-state index contributed by atoms with van der Waals surface area (Å²) >= 11 is 0. The van der Waals surface area contributed by atoms with Crippen LogP contribution in [0.25, 0.3) is 0 Å². The number of rotatable bonds is 4. The zero-order valence-corrected chi connectivity index (χ0v) is 9.86. The lowest BCUT2D eigenvalue weighted by Crippen LogP contribution is -2.20. The molecule has 0 aromatic carbocycles. The second kappa shape index (κ2) is 6.18. The molecular weight excluding hydrogens is 224 g/mol. The first kappa shape index (κ1) is 13.4. The van der Waals surface area contributed by atoms with Gasteiger partial charge in [-0.25, -0.2) is 4.79 Å². The fourth-order valence-electron chi connectivity index (χ4n) is 1.54. The normalized spacial score (nSPS) is 20.4. The predicted molar refractivity (Wildman–Crippen MR) is 58.8 cm³/mol. The van der Waals surface area contributed by atoms with E-state index < -0.39 is 17.9 Å². The van der Waals surface area contributed by atoms with Gasteiger partial charge in [-0.3, -0.25) is 9.59 Å². The van der Waals surface area contributed by atoms with Crippen LogP contribution in [-0.4, -0.2) is 24.5 Å². The second-order valence-corrected chi connectivity index (χ2v) is 4.09. The first-order valence-corrected chi connectivity index (χ1v) is 5.58. The number of carbonyl (C=O) groups is 3. The van der Waals surface area contributed by atoms with Gasteiger partial charge in [-0.05, 0) is 26.2 Å². The summed E-state index contributed by atoms with van der Waals surface area (Å²) in [6.45, 7) is 5.14. The van der Waals surface area contributed by atoms with Crippen LogP contribution < -0.4 is 0 Å². The van der Waals surface area contributed by atoms with Crippen molar-refractivity contribution in [3.8, 4) is 0 Å². The van der Waals surface area contributed by atoms with Crippen molar-refractivity contribution in [3.05, 3.63) is 12.2 Å². The van der Waals surface area contributed by atoms with Crippen LogP contribution in [0.5, 0.6) is 0 Å². The molecule has 0 spiro atoms. The number of carbonyl (C=O) groups excluding carboxylic acids is 3. The Bertz CT molecular complexity index is 345. The van der Waals surface area contributed by atoms with Crippen LogP contribution in [0.15, 0.2) is 12.2 Å². The summed E-state index contributed by atoms with van der Waals surface area (Å²) < 4.78 is 9.48. The van der Waals surface area contributed by atoms with Crippen molar-refractivity contribution < 1.29 is 23.9 Å². The molecule has 94 valence electrons. The minimum absolute atomic E-state index is 0.139. The Morgan fingerprint density at radius 3 is 2.88 bits per heavy atom. The topological polar surface area (TPSA) is 69.7 Å². The number of esters is 3. The summed E-state index contributed by atoms with van der Waals surface area (Å²) in [6, 6.07) is 0. The molecule has 1 rings (SSSR count). The van der Waals surface area contributed by atoms with Gasteiger partial charge in [0.2, 0.25) is 0 Å². The van der Waals surface area contributed by atoms with E-state index in [0.717, 1.165) is 0 Å². The quantitative estimate of drug-likeness (QED) is 0.421. The summed E-state index contributed by atoms with van der Waals surface area (Å²) in [5, 5.41) is 0. The zero-order chi connectivity index (χ0) is 12.8. The monoisotopic (exact) mass is 240 g/mol. The molecule has 0 amide bonds. The Balaban J connectivity index is 2.35. The number of cyclic esters (lactones) is 2. The van der Waals surface area contributed by atoms with E-state index in [1.165, 1.54) is 0 Å². The van der Waals surface area contributed by atoms with Gasteiger partial charge >= 0.3 is 17.9 Å². The molecule has 1 unspecified atom stereocenters. The largest absolute Gasteiger partial charge is 0.462 e. The standard InChI is InChI=1S/C12H16O5/c1-8(2)11(14)16-7-6-9-4-3-5-10(13)17-12(9)15/h9H,1,3-7H2,2H3. The molecule has 0 radical (unpaired) electrons. The van der Waals surface area contributed by atoms with Gasteiger partial charge in [-0.2, -0.15) is 0 Å². The molecule has 0 saturated carbocycles. The zero-order valence-electron chi connectivity index (χ0n) is 9.86. The fraction of sp³-hybridized carbons (Fsp3) is 0.583. The molecule has 1 heterocycles. The molecule has 1 aliphatic rings. The molecule has 0 aromatic rings. The molecule has 0 N–H and O–H groups in total. The predicted octanol–water partition coefficient (Wildman–Crippen LogP) is 1.37. The molecule has 1 aliphatic heterocycles. The fourth-order valence-corrected chi connectivity index (χ4v) is 1.54. The first-order valence-electron chi connectivity index (χ1n) is 5.58. The van der Waals surface area contributed by atoms with Crippen molar-refractivity contribution in [2.75, 3.05) is 6.61 Å². The number of hydrogen-bond acceptors (Lipinski definition) is 5. The van der Waals surface area contributed by atoms with Crippen molar-refractivity contribution in [1.29, 1.82) is 0 Å². The minimum atomic E-state index is -0.515. The SMILES string of the molecule is C=C(C)C(=O)OCCC1CCCC(=O)OC1=O. The van der Waals surface area contributed by atoms with Crippen molar-refractivity contribution in [2.45, 2.75) is 32.6 Å². The average Bonchev–Trinajstić information content (AvgIpc) is 2.40. The van der Waals surface area contributed by atoms with E-state index >= 15 is 0 Å². The molecule has 17 heavy (non-hydrogen) atoms. The van der Waals surface area contributed by atoms with Crippen molar-refractivity contribution in [3.63, 3.8) is 0 Å². The Labute approximate surface area is 99.8 Å². The van der Waals surface area contributed by atoms with Gasteiger partial charge in [0.05, 0.1) is 12.5 Å². The van der Waals surface area contributed by atoms with Crippen LogP contribution in [0.4, 0.5) is 0 Å². The molecule has 0 aliphatic carbocycles. The summed E-state index contributed by atoms with van der Waals surface area (Å²) in [5.41, 5.74) is 0.323. The highest BCUT2D eigenvalue weighted by atomic mass is 16.6. The first-order chi connectivity index (χ1) is 8.00. The maximum atomic E-state index is 11.4. The summed E-state index contributed by atoms with van der Waals surface area (Å²) in [5.74, 6) is -1.82. The molecular formula is C12H16O5. The third kappa shape index (κ3) is 4.38. The highest BCUT2D eigenvalue weighted by molar-refractivity contribution is 5.88. The Hall–Kier alpha value is -1.65. The van der Waals surface area contributed by atoms with Crippen LogP contribution in [0, 0.1) is 5.92 Å². The number of ether oxygens (including phenoxy) is 2. The van der Waals surface area contributed by atoms with E-state index in [-0.39, 0.29) is 18.9 Å². The molecule has 5 heteroatoms. The van der Waals surface area contributed by atoms with Gasteiger partial charge in [0, 0.05) is 12.0 Å². The van der Waals surface area contributed by atoms with Crippen LogP contribution in [-0.2, 0) is 23.9 Å². The van der Waals surface area contributed by atoms with Gasteiger partial charge in [0.1, 0.15) is 0 Å². The Morgan fingerprint density at radius 1 is 1.53 bits per heavy atom. The Morgan fingerprint density at radius 2 is 2.24 bits per heavy atom. The Kier molecular flexibility index (Phi) is 4.87. The lowest BCUT2D eigenvalue weighted by Gasteiger charge is -2.11. The molecule has 1 atom stereocenters. The van der Waals surface area contributed by atoms with Gasteiger partial charge < -0.3 is 9.47 Å². The summed E-state index contributed by atoms with van der Waals surface area (Å²) in [6.07, 6.45) is 1.87. The van der Waals surface area contributed by atoms with E-state index in [4.69, 9.17) is 4.74 Å². The van der Waals surface area contributed by atoms with Crippen LogP contribution in [0.2, 0.25) is 0 Å². The minimum Gasteiger partial charge on any atom is -0.462 e. The number of hydrogen-bond donors (Lipinski definition) is 0. The molecule has 1 fully saturated rings. The molecule has 5 nitrogen and oxygen atoms in total. The van der Waals surface area contributed by atoms with Gasteiger partial charge in [-0.15, -0.1) is 0 Å². The molecule has 0 bridgehead atoms. The highest BCUT2D eigenvalue weighted by Crippen LogP contribution is 2.19. The summed E-state index contributed by atoms with van der Waals surface area (Å²) in [4.78, 5) is 33.5. The van der Waals surface area contributed by atoms with Crippen molar-refractivity contribution >= 4 is 17.9 Å². The van der Waals surface area contributed by atoms with Crippen LogP contribution >= 0.6 is 0 Å². The van der Waals surface area contributed by atoms with Crippen molar-refractivity contribution in [2.24, 2.45) is 5.92 Å². The van der Waals surface area contributed by atoms with Crippen LogP contribution in [0.3, 0.4) is 0 Å². The second-order valence-electron chi connectivity index (χ2n) is 4.09. The van der Waals surface area contributed by atoms with Crippen LogP contribution in [0.1, 0.15) is 32.6 Å². The molecule has 1 saturated heterocycles. The van der Waals surface area contributed by atoms with E-state index in [1.807, 2.05) is 0 Å². The highest BCUT2D eigenvalue weighted by Gasteiger charge is 2.26. The summed E-state index contributed by atoms with van der Waals surface area (Å²) in [7, 11) is 0. The lowest BCUT2D eigenvalue weighted by molar-refractivity contribution is -0.162. The van der Waals surface area contributed by atoms with E-state index in [2.05, 4.69) is 11.3 Å². The smallest absolute Gasteiger partial charge is 0.333 e. The van der Waals surface area contributed by atoms with Gasteiger partial charge in [0.25, 0.3) is 0 Å². The van der Waals surface area contributed by atoms with Gasteiger partial charge in [-0.1, -0.05) is 6.58 Å². The van der Waals surface area contributed by atoms with E-state index in [9.17, 15) is 14.4 Å².